The second-order valence-electron chi connectivity index (χ2n) is 2.90. The summed E-state index contributed by atoms with van der Waals surface area (Å²) in [6, 6.07) is 0. The van der Waals surface area contributed by atoms with Gasteiger partial charge in [0.1, 0.15) is 6.33 Å². The molecule has 0 aliphatic carbocycles. The first-order valence-corrected chi connectivity index (χ1v) is 3.80. The van der Waals surface area contributed by atoms with Gasteiger partial charge in [-0.15, -0.1) is 5.10 Å². The zero-order chi connectivity index (χ0) is 8.55. The van der Waals surface area contributed by atoms with Crippen molar-refractivity contribution in [2.45, 2.75) is 19.8 Å². The van der Waals surface area contributed by atoms with Gasteiger partial charge in [0.15, 0.2) is 0 Å². The van der Waals surface area contributed by atoms with Gasteiger partial charge >= 0.3 is 0 Å². The molecule has 2 heterocycles. The molecule has 0 aliphatic heterocycles. The minimum absolute atomic E-state index is 0.379. The average molecular weight is 163 g/mol. The Morgan fingerprint density at radius 2 is 2.25 bits per heavy atom. The van der Waals surface area contributed by atoms with Gasteiger partial charge in [-0.2, -0.15) is 19.7 Å². The fourth-order valence-corrected chi connectivity index (χ4v) is 1.07. The number of hydrogen-bond donors (Lipinski definition) is 0. The number of fused-ring (bicyclic) bond motifs is 1. The maximum atomic E-state index is 4.04. The van der Waals surface area contributed by atoms with E-state index >= 15 is 0 Å². The van der Waals surface area contributed by atoms with Crippen LogP contribution in [0.15, 0.2) is 12.5 Å². The molecular weight excluding hydrogens is 154 g/mol. The Bertz CT molecular complexity index is 391. The largest absolute Gasteiger partial charge is 0.271 e. The van der Waals surface area contributed by atoms with Crippen molar-refractivity contribution in [3.05, 3.63) is 18.2 Å². The molecule has 0 atom stereocenters. The minimum atomic E-state index is 0.379. The Morgan fingerprint density at radius 3 is 3.00 bits per heavy atom. The minimum Gasteiger partial charge on any atom is -0.198 e. The number of hydrogen-bond acceptors (Lipinski definition) is 4. The molecule has 0 spiro atoms. The summed E-state index contributed by atoms with van der Waals surface area (Å²) in [6.07, 6.45) is 3.20. The van der Waals surface area contributed by atoms with Gasteiger partial charge in [-0.3, -0.25) is 0 Å². The second kappa shape index (κ2) is 2.51. The van der Waals surface area contributed by atoms with Crippen molar-refractivity contribution in [1.29, 1.82) is 0 Å². The molecule has 5 heteroatoms. The van der Waals surface area contributed by atoms with E-state index in [1.54, 1.807) is 10.7 Å². The van der Waals surface area contributed by atoms with Crippen LogP contribution in [0.25, 0.3) is 5.78 Å². The van der Waals surface area contributed by atoms with Gasteiger partial charge in [0.25, 0.3) is 5.78 Å². The van der Waals surface area contributed by atoms with Crippen molar-refractivity contribution in [1.82, 2.24) is 24.8 Å². The van der Waals surface area contributed by atoms with Gasteiger partial charge < -0.3 is 0 Å². The van der Waals surface area contributed by atoms with E-state index in [2.05, 4.69) is 34.1 Å². The van der Waals surface area contributed by atoms with Crippen LogP contribution in [0.3, 0.4) is 0 Å². The molecule has 5 nitrogen and oxygen atoms in total. The predicted octanol–water partition coefficient (Wildman–Crippen LogP) is 0.643. The standard InChI is InChI=1S/C7H9N5/c1-5(2)6-3-9-11-7-8-4-10-12(6)7/h3-5H,1-2H3. The SMILES string of the molecule is CC(C)c1cnnc2ncnn12. The molecule has 2 aromatic rings. The van der Waals surface area contributed by atoms with Crippen molar-refractivity contribution in [3.8, 4) is 0 Å². The summed E-state index contributed by atoms with van der Waals surface area (Å²) in [5.74, 6) is 0.936. The van der Waals surface area contributed by atoms with E-state index in [0.29, 0.717) is 11.7 Å². The highest BCUT2D eigenvalue weighted by Crippen LogP contribution is 2.11. The molecule has 12 heavy (non-hydrogen) atoms. The number of aromatic nitrogens is 5. The molecule has 0 unspecified atom stereocenters. The summed E-state index contributed by atoms with van der Waals surface area (Å²) < 4.78 is 1.71. The first kappa shape index (κ1) is 7.15. The van der Waals surface area contributed by atoms with E-state index in [-0.39, 0.29) is 0 Å². The van der Waals surface area contributed by atoms with Crippen LogP contribution >= 0.6 is 0 Å². The summed E-state index contributed by atoms with van der Waals surface area (Å²) in [6.45, 7) is 4.16. The van der Waals surface area contributed by atoms with Gasteiger partial charge in [-0.25, -0.2) is 0 Å². The highest BCUT2D eigenvalue weighted by atomic mass is 15.4. The van der Waals surface area contributed by atoms with E-state index in [4.69, 9.17) is 0 Å². The smallest absolute Gasteiger partial charge is 0.198 e. The van der Waals surface area contributed by atoms with Gasteiger partial charge in [0, 0.05) is 0 Å². The molecule has 0 N–H and O–H groups in total. The lowest BCUT2D eigenvalue weighted by Crippen LogP contribution is -2.03. The van der Waals surface area contributed by atoms with Crippen molar-refractivity contribution in [3.63, 3.8) is 0 Å². The Balaban J connectivity index is 2.73. The summed E-state index contributed by atoms with van der Waals surface area (Å²) >= 11 is 0. The zero-order valence-electron chi connectivity index (χ0n) is 6.97. The van der Waals surface area contributed by atoms with Crippen LogP contribution < -0.4 is 0 Å². The van der Waals surface area contributed by atoms with Gasteiger partial charge in [-0.05, 0) is 5.92 Å². The maximum Gasteiger partial charge on any atom is 0.271 e. The molecule has 0 radical (unpaired) electrons. The molecule has 2 rings (SSSR count). The average Bonchev–Trinajstić information content (AvgIpc) is 2.49. The molecule has 0 saturated carbocycles. The lowest BCUT2D eigenvalue weighted by molar-refractivity contribution is 0.728. The summed E-state index contributed by atoms with van der Waals surface area (Å²) in [5.41, 5.74) is 1.03. The molecular formula is C7H9N5. The third-order valence-electron chi connectivity index (χ3n) is 1.70. The fraction of sp³-hybridized carbons (Fsp3) is 0.429. The van der Waals surface area contributed by atoms with Crippen molar-refractivity contribution < 1.29 is 0 Å². The van der Waals surface area contributed by atoms with E-state index in [0.717, 1.165) is 5.69 Å². The Kier molecular flexibility index (Phi) is 1.49. The number of nitrogens with zero attached hydrogens (tertiary/aromatic N) is 5. The van der Waals surface area contributed by atoms with Crippen molar-refractivity contribution >= 4 is 5.78 Å². The van der Waals surface area contributed by atoms with E-state index in [1.807, 2.05) is 0 Å². The van der Waals surface area contributed by atoms with E-state index < -0.39 is 0 Å². The van der Waals surface area contributed by atoms with Crippen LogP contribution in [0, 0.1) is 0 Å². The summed E-state index contributed by atoms with van der Waals surface area (Å²) in [5, 5.41) is 11.7. The third kappa shape index (κ3) is 0.939. The quantitative estimate of drug-likeness (QED) is 0.619. The van der Waals surface area contributed by atoms with Crippen LogP contribution in [0.2, 0.25) is 0 Å². The molecule has 62 valence electrons. The topological polar surface area (TPSA) is 56.0 Å². The van der Waals surface area contributed by atoms with Crippen molar-refractivity contribution in [2.75, 3.05) is 0 Å². The first-order valence-electron chi connectivity index (χ1n) is 3.80. The fourth-order valence-electron chi connectivity index (χ4n) is 1.07. The summed E-state index contributed by atoms with van der Waals surface area (Å²) in [4.78, 5) is 3.94. The first-order chi connectivity index (χ1) is 5.79. The van der Waals surface area contributed by atoms with Gasteiger partial charge in [0.2, 0.25) is 0 Å². The van der Waals surface area contributed by atoms with Gasteiger partial charge in [0.05, 0.1) is 11.9 Å². The van der Waals surface area contributed by atoms with Crippen LogP contribution in [0.4, 0.5) is 0 Å². The number of rotatable bonds is 1. The van der Waals surface area contributed by atoms with E-state index in [9.17, 15) is 0 Å². The van der Waals surface area contributed by atoms with Gasteiger partial charge in [-0.1, -0.05) is 13.8 Å². The van der Waals surface area contributed by atoms with Crippen LogP contribution in [0.5, 0.6) is 0 Å². The molecule has 0 fully saturated rings. The lowest BCUT2D eigenvalue weighted by atomic mass is 10.1. The predicted molar refractivity (Wildman–Crippen MR) is 42.7 cm³/mol. The normalized spacial score (nSPS) is 11.2. The van der Waals surface area contributed by atoms with Crippen LogP contribution in [-0.4, -0.2) is 24.8 Å². The van der Waals surface area contributed by atoms with E-state index in [1.165, 1.54) is 6.33 Å². The Hall–Kier alpha value is -1.52. The molecule has 0 bridgehead atoms. The Morgan fingerprint density at radius 1 is 1.42 bits per heavy atom. The van der Waals surface area contributed by atoms with Crippen molar-refractivity contribution in [2.24, 2.45) is 0 Å². The second-order valence-corrected chi connectivity index (χ2v) is 2.90. The lowest BCUT2D eigenvalue weighted by Gasteiger charge is -2.04. The van der Waals surface area contributed by atoms with Crippen LogP contribution in [-0.2, 0) is 0 Å². The molecule has 0 aliphatic rings. The maximum absolute atomic E-state index is 4.04. The molecule has 0 amide bonds. The van der Waals surface area contributed by atoms with Crippen LogP contribution in [0.1, 0.15) is 25.5 Å². The zero-order valence-corrected chi connectivity index (χ0v) is 6.97. The molecule has 0 aromatic carbocycles. The monoisotopic (exact) mass is 163 g/mol. The molecule has 0 saturated heterocycles. The summed E-state index contributed by atoms with van der Waals surface area (Å²) in [7, 11) is 0. The highest BCUT2D eigenvalue weighted by Gasteiger charge is 2.06. The Labute approximate surface area is 69.5 Å². The highest BCUT2D eigenvalue weighted by molar-refractivity contribution is 5.24. The third-order valence-corrected chi connectivity index (χ3v) is 1.70. The molecule has 2 aromatic heterocycles.